The zero-order valence-electron chi connectivity index (χ0n) is 10.4. The van der Waals surface area contributed by atoms with Crippen LogP contribution in [-0.2, 0) is 6.54 Å². The molecule has 1 atom stereocenters. The molecule has 0 bridgehead atoms. The van der Waals surface area contributed by atoms with Crippen molar-refractivity contribution in [2.75, 3.05) is 13.1 Å². The molecule has 2 aliphatic rings. The molecule has 2 heteroatoms. The van der Waals surface area contributed by atoms with E-state index in [0.717, 1.165) is 12.5 Å². The van der Waals surface area contributed by atoms with Crippen LogP contribution in [0, 0.1) is 5.92 Å². The first-order valence-corrected chi connectivity index (χ1v) is 6.79. The molecule has 1 saturated carbocycles. The highest BCUT2D eigenvalue weighted by molar-refractivity contribution is 5.14. The van der Waals surface area contributed by atoms with Gasteiger partial charge in [0.1, 0.15) is 0 Å². The van der Waals surface area contributed by atoms with Crippen LogP contribution in [0.25, 0.3) is 0 Å². The predicted octanol–water partition coefficient (Wildman–Crippen LogP) is 2.39. The molecular weight excluding hydrogens is 208 g/mol. The van der Waals surface area contributed by atoms with Crippen molar-refractivity contribution in [2.24, 2.45) is 11.7 Å². The quantitative estimate of drug-likeness (QED) is 0.860. The van der Waals surface area contributed by atoms with Crippen LogP contribution in [0.2, 0.25) is 0 Å². The summed E-state index contributed by atoms with van der Waals surface area (Å²) in [6.07, 6.45) is 5.09. The zero-order chi connectivity index (χ0) is 11.7. The molecule has 0 radical (unpaired) electrons. The fraction of sp³-hybridized carbons (Fsp3) is 0.600. The Hall–Kier alpha value is -0.860. The van der Waals surface area contributed by atoms with E-state index in [0.29, 0.717) is 0 Å². The average Bonchev–Trinajstić information content (AvgIpc) is 2.88. The van der Waals surface area contributed by atoms with E-state index in [1.54, 1.807) is 0 Å². The molecular formula is C15H22N2. The monoisotopic (exact) mass is 230 g/mol. The molecule has 1 unspecified atom stereocenters. The lowest BCUT2D eigenvalue weighted by molar-refractivity contribution is 0.307. The maximum atomic E-state index is 6.21. The van der Waals surface area contributed by atoms with Gasteiger partial charge in [-0.2, -0.15) is 0 Å². The van der Waals surface area contributed by atoms with Crippen molar-refractivity contribution < 1.29 is 0 Å². The summed E-state index contributed by atoms with van der Waals surface area (Å²) in [6.45, 7) is 3.60. The first kappa shape index (κ1) is 11.2. The van der Waals surface area contributed by atoms with Crippen LogP contribution in [-0.4, -0.2) is 23.5 Å². The van der Waals surface area contributed by atoms with Gasteiger partial charge in [-0.1, -0.05) is 30.3 Å². The summed E-state index contributed by atoms with van der Waals surface area (Å²) in [5, 5.41) is 0. The van der Waals surface area contributed by atoms with E-state index in [1.165, 1.54) is 44.3 Å². The minimum absolute atomic E-state index is 0.230. The van der Waals surface area contributed by atoms with E-state index in [9.17, 15) is 0 Å². The number of hydrogen-bond acceptors (Lipinski definition) is 2. The van der Waals surface area contributed by atoms with Crippen molar-refractivity contribution >= 4 is 0 Å². The maximum absolute atomic E-state index is 6.21. The fourth-order valence-corrected chi connectivity index (χ4v) is 3.00. The van der Waals surface area contributed by atoms with Gasteiger partial charge >= 0.3 is 0 Å². The van der Waals surface area contributed by atoms with Crippen LogP contribution >= 0.6 is 0 Å². The summed E-state index contributed by atoms with van der Waals surface area (Å²) in [5.74, 6) is 0.839. The third kappa shape index (κ3) is 2.88. The molecule has 2 fully saturated rings. The Morgan fingerprint density at radius 1 is 1.24 bits per heavy atom. The molecule has 1 saturated heterocycles. The highest BCUT2D eigenvalue weighted by atomic mass is 15.1. The van der Waals surface area contributed by atoms with Crippen molar-refractivity contribution in [1.29, 1.82) is 0 Å². The first-order chi connectivity index (χ1) is 8.23. The van der Waals surface area contributed by atoms with Crippen LogP contribution in [0.15, 0.2) is 30.3 Å². The first-order valence-electron chi connectivity index (χ1n) is 6.79. The third-order valence-electron chi connectivity index (χ3n) is 4.21. The molecule has 2 N–H and O–H groups in total. The van der Waals surface area contributed by atoms with Crippen molar-refractivity contribution in [3.05, 3.63) is 35.9 Å². The van der Waals surface area contributed by atoms with Gasteiger partial charge in [0.25, 0.3) is 0 Å². The van der Waals surface area contributed by atoms with E-state index >= 15 is 0 Å². The Labute approximate surface area is 104 Å². The molecule has 2 nitrogen and oxygen atoms in total. The van der Waals surface area contributed by atoms with Gasteiger partial charge in [-0.25, -0.2) is 0 Å². The molecule has 0 amide bonds. The predicted molar refractivity (Wildman–Crippen MR) is 70.6 cm³/mol. The van der Waals surface area contributed by atoms with Crippen molar-refractivity contribution in [3.8, 4) is 0 Å². The lowest BCUT2D eigenvalue weighted by Gasteiger charge is -2.18. The van der Waals surface area contributed by atoms with Crippen LogP contribution in [0.3, 0.4) is 0 Å². The van der Waals surface area contributed by atoms with Crippen LogP contribution in [0.4, 0.5) is 0 Å². The van der Waals surface area contributed by atoms with Gasteiger partial charge in [0, 0.05) is 18.6 Å². The fourth-order valence-electron chi connectivity index (χ4n) is 3.00. The second-order valence-electron chi connectivity index (χ2n) is 5.94. The number of nitrogens with two attached hydrogens (primary N) is 1. The maximum Gasteiger partial charge on any atom is 0.0233 e. The van der Waals surface area contributed by atoms with Crippen molar-refractivity contribution in [2.45, 2.75) is 37.8 Å². The molecule has 1 aliphatic heterocycles. The smallest absolute Gasteiger partial charge is 0.0233 e. The summed E-state index contributed by atoms with van der Waals surface area (Å²) in [7, 11) is 0. The Bertz CT molecular complexity index is 370. The van der Waals surface area contributed by atoms with Crippen LogP contribution in [0.1, 0.15) is 31.2 Å². The van der Waals surface area contributed by atoms with E-state index < -0.39 is 0 Å². The topological polar surface area (TPSA) is 29.3 Å². The molecule has 17 heavy (non-hydrogen) atoms. The summed E-state index contributed by atoms with van der Waals surface area (Å²) >= 11 is 0. The number of rotatable bonds is 4. The van der Waals surface area contributed by atoms with Gasteiger partial charge in [-0.15, -0.1) is 0 Å². The SMILES string of the molecule is NC1(CC2CCN(Cc3ccccc3)C2)CC1. The highest BCUT2D eigenvalue weighted by Gasteiger charge is 2.41. The van der Waals surface area contributed by atoms with Crippen LogP contribution in [0.5, 0.6) is 0 Å². The second kappa shape index (κ2) is 4.43. The average molecular weight is 230 g/mol. The Morgan fingerprint density at radius 2 is 2.00 bits per heavy atom. The highest BCUT2D eigenvalue weighted by Crippen LogP contribution is 2.40. The van der Waals surface area contributed by atoms with Gasteiger partial charge in [0.2, 0.25) is 0 Å². The molecule has 0 aromatic heterocycles. The molecule has 1 aliphatic carbocycles. The zero-order valence-corrected chi connectivity index (χ0v) is 10.4. The minimum atomic E-state index is 0.230. The van der Waals surface area contributed by atoms with Gasteiger partial charge in [0.05, 0.1) is 0 Å². The van der Waals surface area contributed by atoms with Crippen molar-refractivity contribution in [3.63, 3.8) is 0 Å². The van der Waals surface area contributed by atoms with Crippen molar-refractivity contribution in [1.82, 2.24) is 4.90 Å². The number of nitrogens with zero attached hydrogens (tertiary/aromatic N) is 1. The van der Waals surface area contributed by atoms with Gasteiger partial charge < -0.3 is 5.73 Å². The lowest BCUT2D eigenvalue weighted by atomic mass is 9.98. The molecule has 92 valence electrons. The van der Waals surface area contributed by atoms with Gasteiger partial charge in [-0.3, -0.25) is 4.90 Å². The van der Waals surface area contributed by atoms with Crippen LogP contribution < -0.4 is 5.73 Å². The number of benzene rings is 1. The lowest BCUT2D eigenvalue weighted by Crippen LogP contribution is -2.27. The Balaban J connectivity index is 1.50. The van der Waals surface area contributed by atoms with E-state index in [4.69, 9.17) is 5.73 Å². The third-order valence-corrected chi connectivity index (χ3v) is 4.21. The summed E-state index contributed by atoms with van der Waals surface area (Å²) in [6, 6.07) is 10.8. The Morgan fingerprint density at radius 3 is 2.71 bits per heavy atom. The minimum Gasteiger partial charge on any atom is -0.325 e. The van der Waals surface area contributed by atoms with Gasteiger partial charge in [-0.05, 0) is 43.7 Å². The molecule has 0 spiro atoms. The largest absolute Gasteiger partial charge is 0.325 e. The van der Waals surface area contributed by atoms with E-state index in [-0.39, 0.29) is 5.54 Å². The number of likely N-dealkylation sites (tertiary alicyclic amines) is 1. The molecule has 3 rings (SSSR count). The molecule has 1 heterocycles. The summed E-state index contributed by atoms with van der Waals surface area (Å²) in [5.41, 5.74) is 7.87. The Kier molecular flexibility index (Phi) is 2.93. The molecule has 1 aromatic carbocycles. The van der Waals surface area contributed by atoms with E-state index in [2.05, 4.69) is 35.2 Å². The normalized spacial score (nSPS) is 27.2. The number of hydrogen-bond donors (Lipinski definition) is 1. The standard InChI is InChI=1S/C15H22N2/c16-15(7-8-15)10-14-6-9-17(12-14)11-13-4-2-1-3-5-13/h1-5,14H,6-12,16H2. The molecule has 1 aromatic rings. The summed E-state index contributed by atoms with van der Waals surface area (Å²) < 4.78 is 0. The van der Waals surface area contributed by atoms with E-state index in [1.807, 2.05) is 0 Å². The van der Waals surface area contributed by atoms with Gasteiger partial charge in [0.15, 0.2) is 0 Å². The second-order valence-corrected chi connectivity index (χ2v) is 5.94. The summed E-state index contributed by atoms with van der Waals surface area (Å²) in [4.78, 5) is 2.58.